The number of pyridine rings is 1. The highest BCUT2D eigenvalue weighted by molar-refractivity contribution is 5.62. The molecule has 0 saturated heterocycles. The summed E-state index contributed by atoms with van der Waals surface area (Å²) in [6, 6.07) is 14.0. The predicted octanol–water partition coefficient (Wildman–Crippen LogP) is 3.36. The van der Waals surface area contributed by atoms with E-state index < -0.39 is 0 Å². The summed E-state index contributed by atoms with van der Waals surface area (Å²) in [6.07, 6.45) is 1.56. The maximum absolute atomic E-state index is 14.0. The fourth-order valence-corrected chi connectivity index (χ4v) is 3.24. The van der Waals surface area contributed by atoms with Crippen LogP contribution in [0.1, 0.15) is 16.7 Å². The predicted molar refractivity (Wildman–Crippen MR) is 110 cm³/mol. The van der Waals surface area contributed by atoms with Crippen molar-refractivity contribution in [3.8, 4) is 22.7 Å². The van der Waals surface area contributed by atoms with Crippen molar-refractivity contribution >= 4 is 0 Å². The van der Waals surface area contributed by atoms with Crippen LogP contribution in [0, 0.1) is 19.7 Å². The molecule has 2 aromatic carbocycles. The minimum absolute atomic E-state index is 0.239. The van der Waals surface area contributed by atoms with Crippen LogP contribution in [-0.2, 0) is 13.7 Å². The fraction of sp³-hybridized carbons (Fsp3) is 0.182. The van der Waals surface area contributed by atoms with Gasteiger partial charge < -0.3 is 4.74 Å². The van der Waals surface area contributed by atoms with Crippen LogP contribution in [0.25, 0.3) is 16.9 Å². The molecule has 7 nitrogen and oxygen atoms in total. The van der Waals surface area contributed by atoms with E-state index in [1.54, 1.807) is 31.4 Å². The largest absolute Gasteiger partial charge is 0.489 e. The molecule has 0 bridgehead atoms. The molecule has 2 aromatic heterocycles. The van der Waals surface area contributed by atoms with Gasteiger partial charge in [-0.15, -0.1) is 0 Å². The van der Waals surface area contributed by atoms with E-state index in [1.807, 2.05) is 38.1 Å². The number of aromatic nitrogens is 5. The maximum Gasteiger partial charge on any atom is 0.368 e. The summed E-state index contributed by atoms with van der Waals surface area (Å²) in [5, 5.41) is 7.71. The second-order valence-electron chi connectivity index (χ2n) is 6.97. The zero-order chi connectivity index (χ0) is 21.3. The summed E-state index contributed by atoms with van der Waals surface area (Å²) in [6.45, 7) is 4.08. The highest BCUT2D eigenvalue weighted by atomic mass is 19.1. The lowest BCUT2D eigenvalue weighted by Crippen LogP contribution is -2.23. The second kappa shape index (κ2) is 7.90. The standard InChI is InChI=1S/C22H20FN5O2/c1-14-6-4-8-19(28-22(29)27(3)25-26-28)17(14)13-30-20-10-9-16(12-15(20)2)21-18(23)7-5-11-24-21/h4-12H,13H2,1-3H3. The Morgan fingerprint density at radius 2 is 1.87 bits per heavy atom. The summed E-state index contributed by atoms with van der Waals surface area (Å²) in [5.41, 5.74) is 3.92. The van der Waals surface area contributed by atoms with Crippen LogP contribution < -0.4 is 10.4 Å². The van der Waals surface area contributed by atoms with E-state index >= 15 is 0 Å². The van der Waals surface area contributed by atoms with Gasteiger partial charge in [0.15, 0.2) is 0 Å². The molecule has 0 aliphatic heterocycles. The lowest BCUT2D eigenvalue weighted by Gasteiger charge is -2.15. The minimum Gasteiger partial charge on any atom is -0.489 e. The maximum atomic E-state index is 14.0. The molecule has 4 rings (SSSR count). The topological polar surface area (TPSA) is 74.8 Å². The molecule has 8 heteroatoms. The van der Waals surface area contributed by atoms with Gasteiger partial charge in [0.1, 0.15) is 23.9 Å². The zero-order valence-electron chi connectivity index (χ0n) is 16.8. The van der Waals surface area contributed by atoms with Crippen LogP contribution >= 0.6 is 0 Å². The number of tetrazole rings is 1. The van der Waals surface area contributed by atoms with Gasteiger partial charge in [0.25, 0.3) is 0 Å². The summed E-state index contributed by atoms with van der Waals surface area (Å²) >= 11 is 0. The van der Waals surface area contributed by atoms with Gasteiger partial charge in [0, 0.05) is 24.4 Å². The Kier molecular flexibility index (Phi) is 5.14. The Hall–Kier alpha value is -3.81. The number of rotatable bonds is 5. The van der Waals surface area contributed by atoms with E-state index in [-0.39, 0.29) is 18.1 Å². The Bertz CT molecular complexity index is 1280. The highest BCUT2D eigenvalue weighted by Crippen LogP contribution is 2.28. The third-order valence-corrected chi connectivity index (χ3v) is 4.91. The molecule has 4 aromatic rings. The summed E-state index contributed by atoms with van der Waals surface area (Å²) < 4.78 is 22.5. The van der Waals surface area contributed by atoms with Crippen molar-refractivity contribution < 1.29 is 9.13 Å². The molecule has 0 N–H and O–H groups in total. The van der Waals surface area contributed by atoms with Crippen molar-refractivity contribution in [2.75, 3.05) is 0 Å². The molecule has 0 spiro atoms. The molecular weight excluding hydrogens is 385 g/mol. The third kappa shape index (κ3) is 3.59. The average molecular weight is 405 g/mol. The first-order valence-electron chi connectivity index (χ1n) is 9.38. The zero-order valence-corrected chi connectivity index (χ0v) is 16.8. The lowest BCUT2D eigenvalue weighted by atomic mass is 10.1. The molecule has 30 heavy (non-hydrogen) atoms. The summed E-state index contributed by atoms with van der Waals surface area (Å²) in [5.74, 6) is 0.292. The van der Waals surface area contributed by atoms with Crippen LogP contribution in [0.15, 0.2) is 59.5 Å². The van der Waals surface area contributed by atoms with Crippen LogP contribution in [-0.4, -0.2) is 24.8 Å². The molecule has 0 aliphatic carbocycles. The van der Waals surface area contributed by atoms with E-state index in [0.29, 0.717) is 22.7 Å². The second-order valence-corrected chi connectivity index (χ2v) is 6.97. The molecule has 0 amide bonds. The highest BCUT2D eigenvalue weighted by Gasteiger charge is 2.14. The summed E-state index contributed by atoms with van der Waals surface area (Å²) in [4.78, 5) is 16.4. The lowest BCUT2D eigenvalue weighted by molar-refractivity contribution is 0.302. The molecule has 0 fully saturated rings. The molecule has 0 aliphatic rings. The molecule has 0 saturated carbocycles. The first kappa shape index (κ1) is 19.5. The van der Waals surface area contributed by atoms with Gasteiger partial charge in [-0.2, -0.15) is 9.36 Å². The first-order valence-corrected chi connectivity index (χ1v) is 9.38. The smallest absolute Gasteiger partial charge is 0.368 e. The van der Waals surface area contributed by atoms with Gasteiger partial charge in [0.2, 0.25) is 0 Å². The van der Waals surface area contributed by atoms with E-state index in [2.05, 4.69) is 15.4 Å². The monoisotopic (exact) mass is 405 g/mol. The number of benzene rings is 2. The van der Waals surface area contributed by atoms with Crippen molar-refractivity contribution in [3.63, 3.8) is 0 Å². The van der Waals surface area contributed by atoms with Crippen molar-refractivity contribution in [2.24, 2.45) is 7.05 Å². The quantitative estimate of drug-likeness (QED) is 0.509. The fourth-order valence-electron chi connectivity index (χ4n) is 3.24. The number of nitrogens with zero attached hydrogens (tertiary/aromatic N) is 5. The van der Waals surface area contributed by atoms with Crippen molar-refractivity contribution in [1.29, 1.82) is 0 Å². The first-order chi connectivity index (χ1) is 14.5. The van der Waals surface area contributed by atoms with Crippen LogP contribution in [0.4, 0.5) is 4.39 Å². The molecule has 0 radical (unpaired) electrons. The number of ether oxygens (including phenoxy) is 1. The number of hydrogen-bond acceptors (Lipinski definition) is 5. The Balaban J connectivity index is 1.62. The van der Waals surface area contributed by atoms with Gasteiger partial charge in [-0.05, 0) is 71.8 Å². The Morgan fingerprint density at radius 1 is 1.03 bits per heavy atom. The molecular formula is C22H20FN5O2. The van der Waals surface area contributed by atoms with Gasteiger partial charge in [-0.3, -0.25) is 4.98 Å². The molecule has 0 atom stereocenters. The Labute approximate surface area is 172 Å². The van der Waals surface area contributed by atoms with Gasteiger partial charge in [0.05, 0.1) is 5.69 Å². The van der Waals surface area contributed by atoms with Gasteiger partial charge in [-0.1, -0.05) is 12.1 Å². The molecule has 152 valence electrons. The molecule has 2 heterocycles. The van der Waals surface area contributed by atoms with E-state index in [4.69, 9.17) is 4.74 Å². The Morgan fingerprint density at radius 3 is 2.57 bits per heavy atom. The minimum atomic E-state index is -0.371. The normalized spacial score (nSPS) is 10.9. The molecule has 0 unspecified atom stereocenters. The van der Waals surface area contributed by atoms with Gasteiger partial charge in [-0.25, -0.2) is 9.18 Å². The van der Waals surface area contributed by atoms with Gasteiger partial charge >= 0.3 is 5.69 Å². The van der Waals surface area contributed by atoms with Crippen LogP contribution in [0.3, 0.4) is 0 Å². The number of aryl methyl sites for hydroxylation is 3. The van der Waals surface area contributed by atoms with Crippen LogP contribution in [0.2, 0.25) is 0 Å². The van der Waals surface area contributed by atoms with Crippen molar-refractivity contribution in [2.45, 2.75) is 20.5 Å². The SMILES string of the molecule is Cc1cc(-c2ncccc2F)ccc1OCc1c(C)cccc1-n1nnn(C)c1=O. The number of halogens is 1. The van der Waals surface area contributed by atoms with Crippen LogP contribution in [0.5, 0.6) is 5.75 Å². The average Bonchev–Trinajstić information content (AvgIpc) is 3.06. The number of hydrogen-bond donors (Lipinski definition) is 0. The van der Waals surface area contributed by atoms with E-state index in [0.717, 1.165) is 16.7 Å². The third-order valence-electron chi connectivity index (χ3n) is 4.91. The van der Waals surface area contributed by atoms with Crippen molar-refractivity contribution in [1.82, 2.24) is 24.8 Å². The van der Waals surface area contributed by atoms with Crippen molar-refractivity contribution in [3.05, 3.63) is 87.7 Å². The van der Waals surface area contributed by atoms with E-state index in [9.17, 15) is 9.18 Å². The van der Waals surface area contributed by atoms with E-state index in [1.165, 1.54) is 15.4 Å². The summed E-state index contributed by atoms with van der Waals surface area (Å²) in [7, 11) is 1.55.